The first kappa shape index (κ1) is 12.2. The van der Waals surface area contributed by atoms with Crippen LogP contribution in [0.15, 0.2) is 41.4 Å². The quantitative estimate of drug-likeness (QED) is 0.845. The van der Waals surface area contributed by atoms with Crippen LogP contribution < -0.4 is 0 Å². The molecule has 1 N–H and O–H groups in total. The van der Waals surface area contributed by atoms with E-state index in [0.717, 1.165) is 17.0 Å². The van der Waals surface area contributed by atoms with Gasteiger partial charge in [0.25, 0.3) is 0 Å². The van der Waals surface area contributed by atoms with Gasteiger partial charge in [0.2, 0.25) is 0 Å². The van der Waals surface area contributed by atoms with E-state index in [1.165, 1.54) is 4.90 Å². The molecule has 2 rings (SSSR count). The van der Waals surface area contributed by atoms with Crippen molar-refractivity contribution in [2.24, 2.45) is 7.05 Å². The summed E-state index contributed by atoms with van der Waals surface area (Å²) in [4.78, 5) is 1.19. The number of hydrogen-bond acceptors (Lipinski definition) is 3. The third-order valence-electron chi connectivity index (χ3n) is 2.52. The first-order valence-corrected chi connectivity index (χ1v) is 6.53. The second-order valence-corrected chi connectivity index (χ2v) is 5.06. The Morgan fingerprint density at radius 2 is 2.00 bits per heavy atom. The third-order valence-corrected chi connectivity index (χ3v) is 3.56. The molecule has 0 radical (unpaired) electrons. The number of aliphatic hydroxyl groups excluding tert-OH is 1. The topological polar surface area (TPSA) is 38.0 Å². The summed E-state index contributed by atoms with van der Waals surface area (Å²) in [7, 11) is 1.92. The molecule has 0 aliphatic carbocycles. The number of thioether (sulfide) groups is 1. The van der Waals surface area contributed by atoms with Crippen molar-refractivity contribution in [3.63, 3.8) is 0 Å². The molecule has 1 atom stereocenters. The van der Waals surface area contributed by atoms with Crippen LogP contribution in [0.3, 0.4) is 0 Å². The summed E-state index contributed by atoms with van der Waals surface area (Å²) < 4.78 is 1.81. The fourth-order valence-corrected chi connectivity index (χ4v) is 2.34. The first-order valence-electron chi connectivity index (χ1n) is 5.54. The van der Waals surface area contributed by atoms with Crippen LogP contribution in [0.2, 0.25) is 0 Å². The molecule has 0 saturated carbocycles. The van der Waals surface area contributed by atoms with Gasteiger partial charge in [-0.15, -0.1) is 11.8 Å². The van der Waals surface area contributed by atoms with Crippen LogP contribution >= 0.6 is 11.8 Å². The fourth-order valence-electron chi connectivity index (χ4n) is 1.54. The molecule has 1 heterocycles. The number of rotatable bonds is 4. The predicted molar refractivity (Wildman–Crippen MR) is 69.8 cm³/mol. The van der Waals surface area contributed by atoms with Gasteiger partial charge < -0.3 is 5.11 Å². The highest BCUT2D eigenvalue weighted by Gasteiger charge is 2.02. The van der Waals surface area contributed by atoms with Gasteiger partial charge in [0.15, 0.2) is 0 Å². The summed E-state index contributed by atoms with van der Waals surface area (Å²) in [5.74, 6) is 0.870. The van der Waals surface area contributed by atoms with Crippen LogP contribution in [-0.4, -0.2) is 14.9 Å². The second kappa shape index (κ2) is 5.38. The van der Waals surface area contributed by atoms with Gasteiger partial charge in [0, 0.05) is 23.9 Å². The normalized spacial score (nSPS) is 12.6. The van der Waals surface area contributed by atoms with Crippen LogP contribution in [-0.2, 0) is 12.8 Å². The highest BCUT2D eigenvalue weighted by Crippen LogP contribution is 2.23. The number of aryl methyl sites for hydroxylation is 1. The van der Waals surface area contributed by atoms with Crippen LogP contribution in [0.5, 0.6) is 0 Å². The molecule has 0 amide bonds. The minimum atomic E-state index is -0.398. The van der Waals surface area contributed by atoms with E-state index in [9.17, 15) is 5.11 Å². The maximum Gasteiger partial charge on any atom is 0.0761 e. The Hall–Kier alpha value is -1.26. The molecule has 0 aliphatic heterocycles. The van der Waals surface area contributed by atoms with Crippen molar-refractivity contribution in [1.29, 1.82) is 0 Å². The zero-order valence-electron chi connectivity index (χ0n) is 10.00. The molecule has 0 bridgehead atoms. The Bertz CT molecular complexity index is 476. The standard InChI is InChI=1S/C13H16N2OS/c1-10(16)11-3-5-13(6-4-11)17-9-12-7-8-15(2)14-12/h3-8,10,16H,9H2,1-2H3. The van der Waals surface area contributed by atoms with Crippen molar-refractivity contribution in [1.82, 2.24) is 9.78 Å². The van der Waals surface area contributed by atoms with Crippen LogP contribution in [0.25, 0.3) is 0 Å². The van der Waals surface area contributed by atoms with E-state index in [4.69, 9.17) is 0 Å². The lowest BCUT2D eigenvalue weighted by molar-refractivity contribution is 0.199. The van der Waals surface area contributed by atoms with E-state index in [0.29, 0.717) is 0 Å². The maximum atomic E-state index is 9.41. The lowest BCUT2D eigenvalue weighted by Crippen LogP contribution is -1.90. The Balaban J connectivity index is 1.95. The van der Waals surface area contributed by atoms with Crippen LogP contribution in [0.4, 0.5) is 0 Å². The third kappa shape index (κ3) is 3.35. The van der Waals surface area contributed by atoms with Gasteiger partial charge in [-0.1, -0.05) is 12.1 Å². The smallest absolute Gasteiger partial charge is 0.0761 e. The molecule has 1 aromatic heterocycles. The highest BCUT2D eigenvalue weighted by molar-refractivity contribution is 7.98. The summed E-state index contributed by atoms with van der Waals surface area (Å²) in [6.45, 7) is 1.77. The number of aromatic nitrogens is 2. The molecule has 0 fully saturated rings. The van der Waals surface area contributed by atoms with E-state index in [1.807, 2.05) is 48.3 Å². The summed E-state index contributed by atoms with van der Waals surface area (Å²) in [6, 6.07) is 10.0. The number of nitrogens with zero attached hydrogens (tertiary/aromatic N) is 2. The molecule has 1 unspecified atom stereocenters. The molecule has 1 aromatic carbocycles. The molecule has 0 saturated heterocycles. The highest BCUT2D eigenvalue weighted by atomic mass is 32.2. The number of benzene rings is 1. The van der Waals surface area contributed by atoms with E-state index < -0.39 is 6.10 Å². The van der Waals surface area contributed by atoms with Gasteiger partial charge in [-0.2, -0.15) is 5.10 Å². The Morgan fingerprint density at radius 1 is 1.29 bits per heavy atom. The van der Waals surface area contributed by atoms with Crippen molar-refractivity contribution in [2.75, 3.05) is 0 Å². The first-order chi connectivity index (χ1) is 8.15. The zero-order chi connectivity index (χ0) is 12.3. The molecular weight excluding hydrogens is 232 g/mol. The Morgan fingerprint density at radius 3 is 2.53 bits per heavy atom. The van der Waals surface area contributed by atoms with Crippen molar-refractivity contribution < 1.29 is 5.11 Å². The molecule has 90 valence electrons. The number of hydrogen-bond donors (Lipinski definition) is 1. The van der Waals surface area contributed by atoms with Gasteiger partial charge in [-0.3, -0.25) is 4.68 Å². The summed E-state index contributed by atoms with van der Waals surface area (Å²) in [6.07, 6.45) is 1.55. The Kier molecular flexibility index (Phi) is 3.86. The molecule has 3 nitrogen and oxygen atoms in total. The van der Waals surface area contributed by atoms with E-state index in [1.54, 1.807) is 18.7 Å². The van der Waals surface area contributed by atoms with Crippen molar-refractivity contribution in [3.05, 3.63) is 47.8 Å². The maximum absolute atomic E-state index is 9.41. The largest absolute Gasteiger partial charge is 0.389 e. The second-order valence-electron chi connectivity index (χ2n) is 4.01. The average molecular weight is 248 g/mol. The van der Waals surface area contributed by atoms with Gasteiger partial charge in [0.1, 0.15) is 0 Å². The Labute approximate surface area is 105 Å². The van der Waals surface area contributed by atoms with Crippen molar-refractivity contribution in [2.45, 2.75) is 23.7 Å². The van der Waals surface area contributed by atoms with Crippen LogP contribution in [0.1, 0.15) is 24.3 Å². The summed E-state index contributed by atoms with van der Waals surface area (Å²) >= 11 is 1.75. The SMILES string of the molecule is CC(O)c1ccc(SCc2ccn(C)n2)cc1. The van der Waals surface area contributed by atoms with Gasteiger partial charge >= 0.3 is 0 Å². The molecule has 0 spiro atoms. The monoisotopic (exact) mass is 248 g/mol. The van der Waals surface area contributed by atoms with Crippen molar-refractivity contribution in [3.8, 4) is 0 Å². The van der Waals surface area contributed by atoms with Gasteiger partial charge in [0.05, 0.1) is 11.8 Å². The summed E-state index contributed by atoms with van der Waals surface area (Å²) in [5.41, 5.74) is 2.03. The zero-order valence-corrected chi connectivity index (χ0v) is 10.8. The van der Waals surface area contributed by atoms with E-state index in [-0.39, 0.29) is 0 Å². The average Bonchev–Trinajstić information content (AvgIpc) is 2.73. The fraction of sp³-hybridized carbons (Fsp3) is 0.308. The van der Waals surface area contributed by atoms with Crippen LogP contribution in [0, 0.1) is 0 Å². The minimum Gasteiger partial charge on any atom is -0.389 e. The van der Waals surface area contributed by atoms with Crippen molar-refractivity contribution >= 4 is 11.8 Å². The predicted octanol–water partition coefficient (Wildman–Crippen LogP) is 2.77. The van der Waals surface area contributed by atoms with Gasteiger partial charge in [-0.25, -0.2) is 0 Å². The molecule has 17 heavy (non-hydrogen) atoms. The molecule has 2 aromatic rings. The lowest BCUT2D eigenvalue weighted by atomic mass is 10.1. The minimum absolute atomic E-state index is 0.398. The molecule has 4 heteroatoms. The van der Waals surface area contributed by atoms with Gasteiger partial charge in [-0.05, 0) is 30.7 Å². The number of aliphatic hydroxyl groups is 1. The lowest BCUT2D eigenvalue weighted by Gasteiger charge is -2.05. The van der Waals surface area contributed by atoms with E-state index >= 15 is 0 Å². The van der Waals surface area contributed by atoms with E-state index in [2.05, 4.69) is 5.10 Å². The molecule has 0 aliphatic rings. The molecular formula is C13H16N2OS. The summed E-state index contributed by atoms with van der Waals surface area (Å²) in [5, 5.41) is 13.7.